The number of nitrogens with one attached hydrogen (secondary N) is 1. The van der Waals surface area contributed by atoms with Crippen LogP contribution in [0.1, 0.15) is 36.9 Å². The van der Waals surface area contributed by atoms with Crippen molar-refractivity contribution in [2.75, 3.05) is 23.9 Å². The zero-order valence-electron chi connectivity index (χ0n) is 11.3. The summed E-state index contributed by atoms with van der Waals surface area (Å²) in [5.41, 5.74) is 7.93. The molecule has 1 aromatic rings. The molecule has 3 N–H and O–H groups in total. The van der Waals surface area contributed by atoms with Gasteiger partial charge in [-0.2, -0.15) is 0 Å². The summed E-state index contributed by atoms with van der Waals surface area (Å²) >= 11 is 3.04. The number of carbonyl (C=O) groups excluding carboxylic acids is 1. The number of nitrogens with two attached hydrogens (primary N) is 1. The molecule has 0 amide bonds. The lowest BCUT2D eigenvalue weighted by Gasteiger charge is -2.03. The van der Waals surface area contributed by atoms with Crippen LogP contribution in [0.2, 0.25) is 0 Å². The third kappa shape index (κ3) is 3.53. The van der Waals surface area contributed by atoms with Crippen molar-refractivity contribution >= 4 is 39.6 Å². The fourth-order valence-electron chi connectivity index (χ4n) is 1.46. The fraction of sp³-hybridized carbons (Fsp3) is 0.462. The Bertz CT molecular complexity index is 460. The summed E-state index contributed by atoms with van der Waals surface area (Å²) in [7, 11) is 0. The quantitative estimate of drug-likeness (QED) is 0.470. The summed E-state index contributed by atoms with van der Waals surface area (Å²) in [6.07, 6.45) is 4.58. The minimum Gasteiger partial charge on any atom is -0.396 e. The van der Waals surface area contributed by atoms with E-state index in [0.29, 0.717) is 17.0 Å². The van der Waals surface area contributed by atoms with E-state index in [9.17, 15) is 4.79 Å². The van der Waals surface area contributed by atoms with Gasteiger partial charge in [-0.3, -0.25) is 4.79 Å². The minimum atomic E-state index is 0.114. The molecule has 1 rings (SSSR count). The van der Waals surface area contributed by atoms with Crippen LogP contribution >= 0.6 is 23.1 Å². The van der Waals surface area contributed by atoms with Crippen molar-refractivity contribution < 1.29 is 4.79 Å². The lowest BCUT2D eigenvalue weighted by atomic mass is 10.2. The van der Waals surface area contributed by atoms with E-state index in [1.165, 1.54) is 16.9 Å². The van der Waals surface area contributed by atoms with Crippen LogP contribution in [0.5, 0.6) is 0 Å². The van der Waals surface area contributed by atoms with Crippen molar-refractivity contribution in [2.45, 2.75) is 32.1 Å². The molecule has 0 aliphatic carbocycles. The largest absolute Gasteiger partial charge is 0.396 e. The predicted octanol–water partition coefficient (Wildman–Crippen LogP) is 4.02. The molecule has 0 fully saturated rings. The zero-order valence-corrected chi connectivity index (χ0v) is 12.9. The molecule has 18 heavy (non-hydrogen) atoms. The molecule has 3 nitrogen and oxygen atoms in total. The Morgan fingerprint density at radius 3 is 2.67 bits per heavy atom. The van der Waals surface area contributed by atoms with E-state index in [1.807, 2.05) is 13.2 Å². The van der Waals surface area contributed by atoms with Crippen molar-refractivity contribution in [3.63, 3.8) is 0 Å². The minimum absolute atomic E-state index is 0.114. The Hall–Kier alpha value is -0.940. The van der Waals surface area contributed by atoms with Crippen molar-refractivity contribution in [1.29, 1.82) is 0 Å². The summed E-state index contributed by atoms with van der Waals surface area (Å²) in [6.45, 7) is 6.74. The van der Waals surface area contributed by atoms with Crippen LogP contribution in [0.15, 0.2) is 16.5 Å². The van der Waals surface area contributed by atoms with Gasteiger partial charge in [0.05, 0.1) is 15.5 Å². The monoisotopic (exact) mass is 284 g/mol. The Balaban J connectivity index is 2.97. The first-order valence-corrected chi connectivity index (χ1v) is 7.92. The number of anilines is 2. The molecule has 1 heterocycles. The third-order valence-electron chi connectivity index (χ3n) is 2.45. The maximum absolute atomic E-state index is 11.8. The molecule has 0 spiro atoms. The molecule has 0 aliphatic heterocycles. The molecule has 0 aromatic carbocycles. The molecule has 0 atom stereocenters. The van der Waals surface area contributed by atoms with Gasteiger partial charge in [0.25, 0.3) is 0 Å². The summed E-state index contributed by atoms with van der Waals surface area (Å²) < 4.78 is 0. The highest BCUT2D eigenvalue weighted by atomic mass is 32.2. The summed E-state index contributed by atoms with van der Waals surface area (Å²) in [6, 6.07) is 0. The van der Waals surface area contributed by atoms with E-state index >= 15 is 0 Å². The van der Waals surface area contributed by atoms with Crippen LogP contribution in [0.25, 0.3) is 0 Å². The second-order valence-corrected chi connectivity index (χ2v) is 5.98. The van der Waals surface area contributed by atoms with Crippen LogP contribution in [0, 0.1) is 0 Å². The highest BCUT2D eigenvalue weighted by Crippen LogP contribution is 2.42. The van der Waals surface area contributed by atoms with Gasteiger partial charge < -0.3 is 11.1 Å². The summed E-state index contributed by atoms with van der Waals surface area (Å²) in [5, 5.41) is 4.32. The van der Waals surface area contributed by atoms with Gasteiger partial charge in [-0.25, -0.2) is 0 Å². The molecule has 0 aliphatic rings. The lowest BCUT2D eigenvalue weighted by molar-refractivity contribution is 0.0992. The summed E-state index contributed by atoms with van der Waals surface area (Å²) in [5.74, 6) is 0.114. The van der Waals surface area contributed by atoms with E-state index in [-0.39, 0.29) is 5.78 Å². The van der Waals surface area contributed by atoms with Crippen molar-refractivity contribution in [3.8, 4) is 0 Å². The first-order valence-electron chi connectivity index (χ1n) is 5.87. The van der Waals surface area contributed by atoms with E-state index in [4.69, 9.17) is 5.73 Å². The molecular weight excluding hydrogens is 264 g/mol. The average molecular weight is 284 g/mol. The molecule has 5 heteroatoms. The third-order valence-corrected chi connectivity index (χ3v) is 4.62. The maximum atomic E-state index is 11.8. The second-order valence-electron chi connectivity index (χ2n) is 4.15. The number of carbonyl (C=O) groups is 1. The molecule has 0 saturated heterocycles. The van der Waals surface area contributed by atoms with E-state index < -0.39 is 0 Å². The Kier molecular flexibility index (Phi) is 5.75. The number of Topliss-reactive ketones (excluding diaryl/α,β-unsaturated/α-hetero) is 1. The topological polar surface area (TPSA) is 55.1 Å². The lowest BCUT2D eigenvalue weighted by Crippen LogP contribution is -1.98. The number of ketones is 1. The molecule has 0 bridgehead atoms. The van der Waals surface area contributed by atoms with Crippen LogP contribution in [0.3, 0.4) is 0 Å². The Labute approximate surface area is 117 Å². The standard InChI is InChI=1S/C13H20N2OS2/c1-5-9(16)11-10(14)12(17-4)13(18-11)15-7-6-8(2)3/h6,15H,5,7,14H2,1-4H3. The van der Waals surface area contributed by atoms with E-state index in [1.54, 1.807) is 11.8 Å². The van der Waals surface area contributed by atoms with Crippen LogP contribution < -0.4 is 11.1 Å². The number of hydrogen-bond acceptors (Lipinski definition) is 5. The van der Waals surface area contributed by atoms with Gasteiger partial charge in [0.15, 0.2) is 5.78 Å². The number of hydrogen-bond donors (Lipinski definition) is 2. The normalized spacial score (nSPS) is 10.2. The first kappa shape index (κ1) is 15.1. The van der Waals surface area contributed by atoms with Crippen molar-refractivity contribution in [2.24, 2.45) is 0 Å². The molecule has 0 unspecified atom stereocenters. The number of thioether (sulfide) groups is 1. The zero-order chi connectivity index (χ0) is 13.7. The first-order chi connectivity index (χ1) is 8.51. The predicted molar refractivity (Wildman–Crippen MR) is 83.1 cm³/mol. The second kappa shape index (κ2) is 6.85. The van der Waals surface area contributed by atoms with Gasteiger partial charge in [-0.1, -0.05) is 18.6 Å². The Morgan fingerprint density at radius 2 is 2.17 bits per heavy atom. The van der Waals surface area contributed by atoms with Gasteiger partial charge >= 0.3 is 0 Å². The van der Waals surface area contributed by atoms with Gasteiger partial charge in [0.1, 0.15) is 5.00 Å². The highest BCUT2D eigenvalue weighted by Gasteiger charge is 2.18. The number of rotatable bonds is 6. The van der Waals surface area contributed by atoms with Crippen molar-refractivity contribution in [1.82, 2.24) is 0 Å². The van der Waals surface area contributed by atoms with E-state index in [2.05, 4.69) is 25.2 Å². The number of allylic oxidation sites excluding steroid dienone is 1. The molecular formula is C13H20N2OS2. The molecule has 1 aromatic heterocycles. The fourth-order valence-corrected chi connectivity index (χ4v) is 3.51. The molecule has 0 saturated carbocycles. The van der Waals surface area contributed by atoms with E-state index in [0.717, 1.165) is 16.4 Å². The number of thiophene rings is 1. The van der Waals surface area contributed by atoms with Gasteiger partial charge in [-0.05, 0) is 20.1 Å². The molecule has 100 valence electrons. The molecule has 0 radical (unpaired) electrons. The smallest absolute Gasteiger partial charge is 0.174 e. The highest BCUT2D eigenvalue weighted by molar-refractivity contribution is 7.99. The summed E-state index contributed by atoms with van der Waals surface area (Å²) in [4.78, 5) is 13.4. The van der Waals surface area contributed by atoms with Crippen LogP contribution in [-0.2, 0) is 0 Å². The maximum Gasteiger partial charge on any atom is 0.174 e. The van der Waals surface area contributed by atoms with Gasteiger partial charge in [-0.15, -0.1) is 23.1 Å². The van der Waals surface area contributed by atoms with Gasteiger partial charge in [0.2, 0.25) is 0 Å². The Morgan fingerprint density at radius 1 is 1.50 bits per heavy atom. The van der Waals surface area contributed by atoms with Crippen LogP contribution in [-0.4, -0.2) is 18.6 Å². The van der Waals surface area contributed by atoms with Crippen LogP contribution in [0.4, 0.5) is 10.7 Å². The number of nitrogen functional groups attached to an aromatic ring is 1. The van der Waals surface area contributed by atoms with Crippen molar-refractivity contribution in [3.05, 3.63) is 16.5 Å². The average Bonchev–Trinajstić information content (AvgIpc) is 2.64. The SMILES string of the molecule is CCC(=O)c1sc(NCC=C(C)C)c(SC)c1N. The van der Waals surface area contributed by atoms with Gasteiger partial charge in [0, 0.05) is 13.0 Å².